The predicted molar refractivity (Wildman–Crippen MR) is 62.9 cm³/mol. The zero-order valence-corrected chi connectivity index (χ0v) is 9.79. The van der Waals surface area contributed by atoms with Crippen molar-refractivity contribution < 1.29 is 14.5 Å². The Morgan fingerprint density at radius 3 is 2.71 bits per heavy atom. The van der Waals surface area contributed by atoms with E-state index >= 15 is 0 Å². The van der Waals surface area contributed by atoms with Crippen molar-refractivity contribution in [1.82, 2.24) is 5.32 Å². The molecule has 1 amide bonds. The van der Waals surface area contributed by atoms with Gasteiger partial charge >= 0.3 is 0 Å². The van der Waals surface area contributed by atoms with Gasteiger partial charge in [0.1, 0.15) is 5.82 Å². The van der Waals surface area contributed by atoms with Crippen LogP contribution in [0.5, 0.6) is 0 Å². The maximum atomic E-state index is 12.6. The molecule has 1 aliphatic rings. The van der Waals surface area contributed by atoms with Crippen LogP contribution in [0.15, 0.2) is 24.3 Å². The Balaban J connectivity index is 1.61. The summed E-state index contributed by atoms with van der Waals surface area (Å²) >= 11 is 0. The molecule has 1 fully saturated rings. The Morgan fingerprint density at radius 1 is 1.35 bits per heavy atom. The molecule has 1 aromatic rings. The molecule has 0 radical (unpaired) electrons. The number of rotatable bonds is 6. The summed E-state index contributed by atoms with van der Waals surface area (Å²) < 4.78 is 12.6. The summed E-state index contributed by atoms with van der Waals surface area (Å²) in [5.41, 5.74) is 1.04. The topological polar surface area (TPSA) is 45.7 Å². The highest BCUT2D eigenvalue weighted by atomic mass is 19.1. The second-order valence-corrected chi connectivity index (χ2v) is 4.50. The predicted octanol–water partition coefficient (Wildman–Crippen LogP) is 0.210. The van der Waals surface area contributed by atoms with Crippen LogP contribution in [0.2, 0.25) is 0 Å². The molecule has 3 N–H and O–H groups in total. The highest BCUT2D eigenvalue weighted by Gasteiger charge is 2.25. The molecule has 2 rings (SSSR count). The molecule has 1 aliphatic carbocycles. The van der Waals surface area contributed by atoms with Gasteiger partial charge in [0.05, 0.1) is 6.04 Å². The van der Waals surface area contributed by atoms with Gasteiger partial charge in [0.25, 0.3) is 5.91 Å². The van der Waals surface area contributed by atoms with Crippen LogP contribution in [-0.4, -0.2) is 25.0 Å². The van der Waals surface area contributed by atoms with Gasteiger partial charge in [-0.15, -0.1) is 0 Å². The fraction of sp³-hybridized carbons (Fsp3) is 0.462. The molecule has 0 saturated heterocycles. The molecule has 0 unspecified atom stereocenters. The fourth-order valence-corrected chi connectivity index (χ4v) is 1.68. The number of carbonyl (C=O) groups is 1. The molecule has 0 heterocycles. The molecule has 0 aromatic heterocycles. The van der Waals surface area contributed by atoms with Crippen molar-refractivity contribution in [2.45, 2.75) is 25.3 Å². The normalized spacial score (nSPS) is 14.6. The van der Waals surface area contributed by atoms with Crippen LogP contribution in [-0.2, 0) is 11.2 Å². The van der Waals surface area contributed by atoms with Crippen molar-refractivity contribution in [1.29, 1.82) is 0 Å². The van der Waals surface area contributed by atoms with Crippen LogP contribution in [0.3, 0.4) is 0 Å². The van der Waals surface area contributed by atoms with Crippen LogP contribution in [0.4, 0.5) is 4.39 Å². The maximum Gasteiger partial charge on any atom is 0.275 e. The van der Waals surface area contributed by atoms with Gasteiger partial charge in [-0.1, -0.05) is 12.1 Å². The first kappa shape index (κ1) is 12.0. The average molecular weight is 237 g/mol. The zero-order chi connectivity index (χ0) is 12.1. The molecule has 0 atom stereocenters. The number of quaternary nitrogens is 1. The van der Waals surface area contributed by atoms with Gasteiger partial charge in [0.15, 0.2) is 6.54 Å². The molecule has 1 saturated carbocycles. The molecular weight excluding hydrogens is 219 g/mol. The van der Waals surface area contributed by atoms with E-state index in [0.29, 0.717) is 19.1 Å². The first-order valence-corrected chi connectivity index (χ1v) is 6.08. The minimum Gasteiger partial charge on any atom is -0.351 e. The van der Waals surface area contributed by atoms with Crippen molar-refractivity contribution >= 4 is 5.91 Å². The van der Waals surface area contributed by atoms with Crippen molar-refractivity contribution in [3.63, 3.8) is 0 Å². The van der Waals surface area contributed by atoms with E-state index in [2.05, 4.69) is 10.6 Å². The van der Waals surface area contributed by atoms with Gasteiger partial charge in [0, 0.05) is 19.4 Å². The van der Waals surface area contributed by atoms with E-state index in [1.54, 1.807) is 12.1 Å². The van der Waals surface area contributed by atoms with Gasteiger partial charge in [0.2, 0.25) is 0 Å². The van der Waals surface area contributed by atoms with Gasteiger partial charge in [-0.05, 0) is 24.1 Å². The lowest BCUT2D eigenvalue weighted by atomic mass is 10.1. The second-order valence-electron chi connectivity index (χ2n) is 4.50. The van der Waals surface area contributed by atoms with Crippen molar-refractivity contribution in [3.8, 4) is 0 Å². The van der Waals surface area contributed by atoms with Crippen LogP contribution in [0, 0.1) is 5.82 Å². The lowest BCUT2D eigenvalue weighted by molar-refractivity contribution is -0.657. The number of hydrogen-bond donors (Lipinski definition) is 2. The number of carbonyl (C=O) groups excluding carboxylic acids is 1. The first-order chi connectivity index (χ1) is 8.24. The third-order valence-corrected chi connectivity index (χ3v) is 2.91. The summed E-state index contributed by atoms with van der Waals surface area (Å²) in [5.74, 6) is -0.143. The molecule has 4 heteroatoms. The van der Waals surface area contributed by atoms with Gasteiger partial charge in [-0.2, -0.15) is 0 Å². The number of nitrogens with one attached hydrogen (secondary N) is 1. The van der Waals surface area contributed by atoms with Crippen LogP contribution in [0.1, 0.15) is 18.4 Å². The van der Waals surface area contributed by atoms with E-state index < -0.39 is 0 Å². The Hall–Kier alpha value is -1.42. The third-order valence-electron chi connectivity index (χ3n) is 2.91. The molecule has 0 bridgehead atoms. The Labute approximate surface area is 100 Å². The Kier molecular flexibility index (Phi) is 4.09. The summed E-state index contributed by atoms with van der Waals surface area (Å²) in [6, 6.07) is 7.06. The Morgan fingerprint density at radius 2 is 2.06 bits per heavy atom. The minimum absolute atomic E-state index is 0.0824. The highest BCUT2D eigenvalue weighted by Crippen LogP contribution is 2.13. The summed E-state index contributed by atoms with van der Waals surface area (Å²) in [7, 11) is 0. The average Bonchev–Trinajstić information content (AvgIpc) is 3.13. The van der Waals surface area contributed by atoms with Crippen LogP contribution >= 0.6 is 0 Å². The van der Waals surface area contributed by atoms with Crippen molar-refractivity contribution in [2.24, 2.45) is 0 Å². The number of hydrogen-bond acceptors (Lipinski definition) is 1. The first-order valence-electron chi connectivity index (χ1n) is 6.08. The minimum atomic E-state index is -0.225. The smallest absolute Gasteiger partial charge is 0.275 e. The monoisotopic (exact) mass is 237 g/mol. The largest absolute Gasteiger partial charge is 0.351 e. The molecule has 1 aromatic carbocycles. The third kappa shape index (κ3) is 4.53. The molecule has 92 valence electrons. The SMILES string of the molecule is O=C(C[NH2+]C1CC1)NCCc1ccc(F)cc1. The molecule has 17 heavy (non-hydrogen) atoms. The van der Waals surface area contributed by atoms with Gasteiger partial charge in [-0.25, -0.2) is 4.39 Å². The van der Waals surface area contributed by atoms with E-state index in [1.165, 1.54) is 25.0 Å². The number of halogens is 1. The fourth-order valence-electron chi connectivity index (χ4n) is 1.68. The summed E-state index contributed by atoms with van der Waals surface area (Å²) in [4.78, 5) is 11.4. The number of nitrogens with two attached hydrogens (primary N) is 1. The van der Waals surface area contributed by atoms with E-state index in [-0.39, 0.29) is 11.7 Å². The van der Waals surface area contributed by atoms with E-state index in [0.717, 1.165) is 12.0 Å². The summed E-state index contributed by atoms with van der Waals surface area (Å²) in [6.45, 7) is 1.14. The lowest BCUT2D eigenvalue weighted by Crippen LogP contribution is -2.88. The highest BCUT2D eigenvalue weighted by molar-refractivity contribution is 5.76. The van der Waals surface area contributed by atoms with Crippen molar-refractivity contribution in [3.05, 3.63) is 35.6 Å². The standard InChI is InChI=1S/C13H17FN2O/c14-11-3-1-10(2-4-11)7-8-15-13(17)9-16-12-5-6-12/h1-4,12,16H,5-9H2,(H,15,17)/p+1. The quantitative estimate of drug-likeness (QED) is 0.730. The summed E-state index contributed by atoms with van der Waals surface area (Å²) in [6.07, 6.45) is 3.22. The summed E-state index contributed by atoms with van der Waals surface area (Å²) in [5, 5.41) is 4.96. The van der Waals surface area contributed by atoms with Gasteiger partial charge < -0.3 is 10.6 Å². The van der Waals surface area contributed by atoms with E-state index in [9.17, 15) is 9.18 Å². The number of benzene rings is 1. The van der Waals surface area contributed by atoms with E-state index in [1.807, 2.05) is 0 Å². The second kappa shape index (κ2) is 5.77. The lowest BCUT2D eigenvalue weighted by Gasteiger charge is -2.04. The zero-order valence-electron chi connectivity index (χ0n) is 9.79. The maximum absolute atomic E-state index is 12.6. The van der Waals surface area contributed by atoms with Crippen LogP contribution in [0.25, 0.3) is 0 Å². The molecular formula is C13H18FN2O+. The van der Waals surface area contributed by atoms with Crippen LogP contribution < -0.4 is 10.6 Å². The van der Waals surface area contributed by atoms with Crippen molar-refractivity contribution in [2.75, 3.05) is 13.1 Å². The number of amides is 1. The molecule has 0 spiro atoms. The molecule has 3 nitrogen and oxygen atoms in total. The van der Waals surface area contributed by atoms with Gasteiger partial charge in [-0.3, -0.25) is 4.79 Å². The Bertz CT molecular complexity index is 374. The van der Waals surface area contributed by atoms with E-state index in [4.69, 9.17) is 0 Å². The molecule has 0 aliphatic heterocycles.